The van der Waals surface area contributed by atoms with E-state index in [2.05, 4.69) is 0 Å². The molecular weight excluding hydrogens is 350 g/mol. The monoisotopic (exact) mass is 362 g/mol. The van der Waals surface area contributed by atoms with Crippen molar-refractivity contribution in [2.45, 2.75) is 0 Å². The summed E-state index contributed by atoms with van der Waals surface area (Å²) in [4.78, 5) is 0. The summed E-state index contributed by atoms with van der Waals surface area (Å²) in [6, 6.07) is 0. The second kappa shape index (κ2) is 7.19. The Kier molecular flexibility index (Phi) is 7.94. The van der Waals surface area contributed by atoms with E-state index in [1.165, 1.54) is 0 Å². The minimum atomic E-state index is -10.7. The molecule has 0 aromatic rings. The fourth-order valence-corrected chi connectivity index (χ4v) is 2.22. The van der Waals surface area contributed by atoms with Gasteiger partial charge in [-0.2, -0.15) is 8.78 Å². The fourth-order valence-electron chi connectivity index (χ4n) is 0.738. The SMILES string of the molecule is F[P-](F)(F)(F)(F)F.OCC[S+](CCO)CC(F)=C(F)F. The first-order valence-electron chi connectivity index (χ1n) is 4.68. The van der Waals surface area contributed by atoms with Crippen molar-refractivity contribution in [1.82, 2.24) is 0 Å². The van der Waals surface area contributed by atoms with Crippen LogP contribution in [0, 0.1) is 0 Å². The zero-order valence-corrected chi connectivity index (χ0v) is 11.4. The third-order valence-electron chi connectivity index (χ3n) is 1.30. The summed E-state index contributed by atoms with van der Waals surface area (Å²) < 4.78 is 94.9. The third-order valence-corrected chi connectivity index (χ3v) is 3.48. The molecule has 2 nitrogen and oxygen atoms in total. The van der Waals surface area contributed by atoms with E-state index in [0.717, 1.165) is 0 Å². The van der Waals surface area contributed by atoms with Crippen molar-refractivity contribution in [3.8, 4) is 0 Å². The molecule has 0 aliphatic heterocycles. The molecule has 0 radical (unpaired) electrons. The largest absolute Gasteiger partial charge is 0.391 e. The Morgan fingerprint density at radius 1 is 0.800 bits per heavy atom. The Morgan fingerprint density at radius 2 is 1.10 bits per heavy atom. The van der Waals surface area contributed by atoms with E-state index in [-0.39, 0.29) is 30.5 Å². The first-order chi connectivity index (χ1) is 8.56. The van der Waals surface area contributed by atoms with Gasteiger partial charge in [-0.1, -0.05) is 0 Å². The Morgan fingerprint density at radius 3 is 1.30 bits per heavy atom. The van der Waals surface area contributed by atoms with Crippen molar-refractivity contribution in [1.29, 1.82) is 0 Å². The number of hydrogen-bond donors (Lipinski definition) is 2. The molecule has 0 aliphatic rings. The Hall–Kier alpha value is -0.190. The standard InChI is InChI=1S/C7H12F3O2S.F6P/c8-6(7(9)10)5-13(3-1-11)4-2-12;1-7(2,3,4,5)6/h11-12H,1-5H2;/q+1;-1. The summed E-state index contributed by atoms with van der Waals surface area (Å²) in [5.74, 6) is -1.32. The van der Waals surface area contributed by atoms with Crippen LogP contribution in [0.15, 0.2) is 11.9 Å². The molecule has 0 bridgehead atoms. The molecule has 0 fully saturated rings. The van der Waals surface area contributed by atoms with Gasteiger partial charge in [0.1, 0.15) is 11.5 Å². The summed E-state index contributed by atoms with van der Waals surface area (Å²) in [6.07, 6.45) is -2.31. The fraction of sp³-hybridized carbons (Fsp3) is 0.714. The summed E-state index contributed by atoms with van der Waals surface area (Å²) in [5, 5.41) is 17.0. The van der Waals surface area contributed by atoms with Crippen molar-refractivity contribution in [2.24, 2.45) is 0 Å². The number of halogens is 9. The molecule has 0 saturated heterocycles. The van der Waals surface area contributed by atoms with Gasteiger partial charge in [-0.3, -0.25) is 0 Å². The predicted molar refractivity (Wildman–Crippen MR) is 60.1 cm³/mol. The van der Waals surface area contributed by atoms with Gasteiger partial charge in [0.15, 0.2) is 5.75 Å². The predicted octanol–water partition coefficient (Wildman–Crippen LogP) is 4.05. The van der Waals surface area contributed by atoms with Gasteiger partial charge >= 0.3 is 39.1 Å². The molecule has 0 aromatic carbocycles. The molecule has 0 heterocycles. The average molecular weight is 362 g/mol. The van der Waals surface area contributed by atoms with Gasteiger partial charge in [0.05, 0.1) is 13.2 Å². The van der Waals surface area contributed by atoms with E-state index in [1.54, 1.807) is 0 Å². The maximum absolute atomic E-state index is 12.4. The van der Waals surface area contributed by atoms with E-state index < -0.39 is 30.6 Å². The maximum Gasteiger partial charge on any atom is 0.306 e. The van der Waals surface area contributed by atoms with Crippen LogP contribution in [0.25, 0.3) is 0 Å². The van der Waals surface area contributed by atoms with E-state index in [4.69, 9.17) is 10.2 Å². The van der Waals surface area contributed by atoms with Crippen LogP contribution in [0.4, 0.5) is 38.4 Å². The average Bonchev–Trinajstić information content (AvgIpc) is 2.13. The van der Waals surface area contributed by atoms with Gasteiger partial charge in [0.2, 0.25) is 5.83 Å². The van der Waals surface area contributed by atoms with Gasteiger partial charge in [-0.15, -0.1) is 0 Å². The molecule has 13 heteroatoms. The normalized spacial score (nSPS) is 15.0. The molecule has 126 valence electrons. The van der Waals surface area contributed by atoms with Crippen molar-refractivity contribution < 1.29 is 48.6 Å². The number of aliphatic hydroxyl groups is 2. The zero-order valence-electron chi connectivity index (χ0n) is 9.69. The van der Waals surface area contributed by atoms with Crippen molar-refractivity contribution in [3.05, 3.63) is 11.9 Å². The molecule has 0 amide bonds. The van der Waals surface area contributed by atoms with E-state index in [9.17, 15) is 38.4 Å². The van der Waals surface area contributed by atoms with Crippen LogP contribution < -0.4 is 0 Å². The minimum absolute atomic E-state index is 0.176. The smallest absolute Gasteiger partial charge is 0.306 e. The summed E-state index contributed by atoms with van der Waals surface area (Å²) in [5.41, 5.74) is 0. The van der Waals surface area contributed by atoms with Crippen LogP contribution in [0.3, 0.4) is 0 Å². The molecule has 0 spiro atoms. The maximum atomic E-state index is 12.4. The van der Waals surface area contributed by atoms with E-state index in [1.807, 2.05) is 0 Å². The summed E-state index contributed by atoms with van der Waals surface area (Å²) in [6.45, 7) is -0.353. The van der Waals surface area contributed by atoms with Crippen LogP contribution in [-0.4, -0.2) is 40.7 Å². The first kappa shape index (κ1) is 22.1. The Labute approximate surface area is 110 Å². The van der Waals surface area contributed by atoms with Crippen LogP contribution >= 0.6 is 7.81 Å². The second-order valence-electron chi connectivity index (χ2n) is 3.24. The molecule has 2 N–H and O–H groups in total. The number of hydrogen-bond acceptors (Lipinski definition) is 2. The topological polar surface area (TPSA) is 40.5 Å². The summed E-state index contributed by atoms with van der Waals surface area (Å²) in [7, 11) is -11.3. The van der Waals surface area contributed by atoms with Crippen molar-refractivity contribution in [3.63, 3.8) is 0 Å². The van der Waals surface area contributed by atoms with Crippen molar-refractivity contribution in [2.75, 3.05) is 30.5 Å². The van der Waals surface area contributed by atoms with Crippen LogP contribution in [0.1, 0.15) is 0 Å². The molecular formula is C7H12F9O2PS. The van der Waals surface area contributed by atoms with Gasteiger partial charge in [-0.25, -0.2) is 4.39 Å². The first-order valence-corrected chi connectivity index (χ1v) is 8.44. The second-order valence-corrected chi connectivity index (χ2v) is 7.48. The van der Waals surface area contributed by atoms with Crippen LogP contribution in [0.5, 0.6) is 0 Å². The molecule has 0 unspecified atom stereocenters. The molecule has 0 rings (SSSR count). The molecule has 0 aliphatic carbocycles. The van der Waals surface area contributed by atoms with Crippen molar-refractivity contribution >= 4 is 18.7 Å². The Balaban J connectivity index is 0. The molecule has 0 saturated carbocycles. The number of aliphatic hydroxyl groups excluding tert-OH is 2. The molecule has 0 aromatic heterocycles. The van der Waals surface area contributed by atoms with Gasteiger partial charge in [0, 0.05) is 0 Å². The molecule has 20 heavy (non-hydrogen) atoms. The van der Waals surface area contributed by atoms with Crippen LogP contribution in [-0.2, 0) is 10.9 Å². The van der Waals surface area contributed by atoms with Gasteiger partial charge < -0.3 is 10.2 Å². The zero-order chi connectivity index (χ0) is 16.7. The van der Waals surface area contributed by atoms with E-state index in [0.29, 0.717) is 0 Å². The third kappa shape index (κ3) is 26.4. The number of rotatable bonds is 6. The molecule has 0 atom stereocenters. The van der Waals surface area contributed by atoms with Gasteiger partial charge in [-0.05, 0) is 10.9 Å². The van der Waals surface area contributed by atoms with Gasteiger partial charge in [0.25, 0.3) is 0 Å². The Bertz CT molecular complexity index is 306. The van der Waals surface area contributed by atoms with E-state index >= 15 is 0 Å². The van der Waals surface area contributed by atoms with Crippen LogP contribution in [0.2, 0.25) is 0 Å². The summed E-state index contributed by atoms with van der Waals surface area (Å²) >= 11 is 0. The quantitative estimate of drug-likeness (QED) is 0.425. The minimum Gasteiger partial charge on any atom is -0.391 e.